The van der Waals surface area contributed by atoms with Crippen LogP contribution in [0.3, 0.4) is 0 Å². The van der Waals surface area contributed by atoms with Gasteiger partial charge in [-0.25, -0.2) is 13.4 Å². The molecule has 0 radical (unpaired) electrons. The molecule has 100 valence electrons. The zero-order valence-corrected chi connectivity index (χ0v) is 11.7. The van der Waals surface area contributed by atoms with Gasteiger partial charge in [0.25, 0.3) is 10.0 Å². The monoisotopic (exact) mass is 295 g/mol. The van der Waals surface area contributed by atoms with Crippen molar-refractivity contribution in [3.05, 3.63) is 35.3 Å². The zero-order valence-electron chi connectivity index (χ0n) is 10.0. The summed E-state index contributed by atoms with van der Waals surface area (Å²) in [5, 5.41) is 2.30. The minimum Gasteiger partial charge on any atom is -0.398 e. The Hall–Kier alpha value is -1.60. The summed E-state index contributed by atoms with van der Waals surface area (Å²) >= 11 is 1.30. The van der Waals surface area contributed by atoms with Crippen molar-refractivity contribution in [3.63, 3.8) is 0 Å². The number of anilines is 2. The molecule has 0 atom stereocenters. The Labute approximate surface area is 115 Å². The van der Waals surface area contributed by atoms with E-state index in [9.17, 15) is 8.42 Å². The topological polar surface area (TPSA) is 85.1 Å². The van der Waals surface area contributed by atoms with E-state index in [4.69, 9.17) is 5.73 Å². The first-order chi connectivity index (χ1) is 9.06. The second-order valence-electron chi connectivity index (χ2n) is 4.50. The number of hydrogen-bond acceptors (Lipinski definition) is 5. The molecule has 0 amide bonds. The van der Waals surface area contributed by atoms with Crippen molar-refractivity contribution in [2.24, 2.45) is 0 Å². The molecule has 1 aromatic heterocycles. The summed E-state index contributed by atoms with van der Waals surface area (Å²) in [5.74, 6) is 0.510. The van der Waals surface area contributed by atoms with Gasteiger partial charge in [-0.15, -0.1) is 11.3 Å². The van der Waals surface area contributed by atoms with E-state index >= 15 is 0 Å². The van der Waals surface area contributed by atoms with E-state index in [0.29, 0.717) is 11.0 Å². The molecule has 1 heterocycles. The maximum absolute atomic E-state index is 12.2. The normalized spacial score (nSPS) is 15.4. The number of thiazole rings is 1. The maximum atomic E-state index is 12.2. The molecule has 1 saturated carbocycles. The average molecular weight is 295 g/mol. The minimum absolute atomic E-state index is 0.0816. The Morgan fingerprint density at radius 1 is 1.32 bits per heavy atom. The summed E-state index contributed by atoms with van der Waals surface area (Å²) in [5.41, 5.74) is 6.89. The van der Waals surface area contributed by atoms with Gasteiger partial charge in [-0.1, -0.05) is 12.1 Å². The van der Waals surface area contributed by atoms with E-state index in [1.54, 1.807) is 18.2 Å². The third kappa shape index (κ3) is 2.57. The Morgan fingerprint density at radius 3 is 2.74 bits per heavy atom. The fourth-order valence-corrected chi connectivity index (χ4v) is 3.97. The van der Waals surface area contributed by atoms with Crippen LogP contribution in [0, 0.1) is 0 Å². The zero-order chi connectivity index (χ0) is 13.5. The van der Waals surface area contributed by atoms with E-state index in [-0.39, 0.29) is 10.6 Å². The van der Waals surface area contributed by atoms with Gasteiger partial charge in [0.05, 0.1) is 11.4 Å². The Kier molecular flexibility index (Phi) is 2.94. The van der Waals surface area contributed by atoms with Crippen LogP contribution < -0.4 is 10.5 Å². The smallest absolute Gasteiger partial charge is 0.265 e. The number of rotatable bonds is 4. The maximum Gasteiger partial charge on any atom is 0.265 e. The molecular weight excluding hydrogens is 282 g/mol. The van der Waals surface area contributed by atoms with Crippen LogP contribution in [0.2, 0.25) is 0 Å². The highest BCUT2D eigenvalue weighted by molar-refractivity contribution is 7.93. The number of nitrogens with one attached hydrogen (secondary N) is 1. The lowest BCUT2D eigenvalue weighted by molar-refractivity contribution is 0.601. The molecule has 1 aliphatic carbocycles. The lowest BCUT2D eigenvalue weighted by Gasteiger charge is -2.07. The van der Waals surface area contributed by atoms with Crippen molar-refractivity contribution < 1.29 is 8.42 Å². The average Bonchev–Trinajstić information content (AvgIpc) is 3.11. The number of aromatic nitrogens is 1. The summed E-state index contributed by atoms with van der Waals surface area (Å²) < 4.78 is 26.9. The first-order valence-corrected chi connectivity index (χ1v) is 8.25. The number of sulfonamides is 1. The summed E-state index contributed by atoms with van der Waals surface area (Å²) in [4.78, 5) is 4.38. The van der Waals surface area contributed by atoms with Gasteiger partial charge in [-0.05, 0) is 25.0 Å². The van der Waals surface area contributed by atoms with Crippen LogP contribution in [0.5, 0.6) is 0 Å². The van der Waals surface area contributed by atoms with Crippen LogP contribution in [-0.2, 0) is 10.0 Å². The lowest BCUT2D eigenvalue weighted by Crippen LogP contribution is -2.14. The quantitative estimate of drug-likeness (QED) is 0.848. The van der Waals surface area contributed by atoms with Gasteiger partial charge in [0.2, 0.25) is 0 Å². The van der Waals surface area contributed by atoms with Crippen molar-refractivity contribution in [2.45, 2.75) is 23.7 Å². The third-order valence-corrected chi connectivity index (χ3v) is 5.27. The molecule has 19 heavy (non-hydrogen) atoms. The summed E-state index contributed by atoms with van der Waals surface area (Å²) in [7, 11) is -3.66. The number of nitrogens with zero attached hydrogens (tertiary/aromatic N) is 1. The summed E-state index contributed by atoms with van der Waals surface area (Å²) in [6, 6.07) is 6.38. The first-order valence-electron chi connectivity index (χ1n) is 5.89. The van der Waals surface area contributed by atoms with Crippen LogP contribution in [0.1, 0.15) is 24.5 Å². The van der Waals surface area contributed by atoms with Gasteiger partial charge in [0.15, 0.2) is 5.13 Å². The molecule has 1 fully saturated rings. The predicted molar refractivity (Wildman–Crippen MR) is 75.8 cm³/mol. The second kappa shape index (κ2) is 4.50. The summed E-state index contributed by atoms with van der Waals surface area (Å²) in [6.07, 6.45) is 2.28. The molecule has 5 nitrogen and oxygen atoms in total. The van der Waals surface area contributed by atoms with Crippen molar-refractivity contribution in [2.75, 3.05) is 10.5 Å². The molecule has 1 aromatic carbocycles. The second-order valence-corrected chi connectivity index (χ2v) is 7.00. The van der Waals surface area contributed by atoms with Crippen LogP contribution >= 0.6 is 11.3 Å². The van der Waals surface area contributed by atoms with E-state index in [1.807, 2.05) is 5.38 Å². The Bertz CT molecular complexity index is 705. The van der Waals surface area contributed by atoms with Crippen molar-refractivity contribution in [1.29, 1.82) is 0 Å². The van der Waals surface area contributed by atoms with E-state index < -0.39 is 10.0 Å². The van der Waals surface area contributed by atoms with Gasteiger partial charge < -0.3 is 5.73 Å². The molecule has 0 unspecified atom stereocenters. The molecule has 0 saturated heterocycles. The molecule has 3 rings (SSSR count). The molecule has 1 aliphatic rings. The van der Waals surface area contributed by atoms with Crippen molar-refractivity contribution >= 4 is 32.2 Å². The van der Waals surface area contributed by atoms with Gasteiger partial charge in [0.1, 0.15) is 4.90 Å². The first kappa shape index (κ1) is 12.4. The number of hydrogen-bond donors (Lipinski definition) is 2. The SMILES string of the molecule is Nc1ccccc1S(=O)(=O)Nc1nc(C2CC2)cs1. The lowest BCUT2D eigenvalue weighted by atomic mass is 10.3. The number of para-hydroxylation sites is 1. The van der Waals surface area contributed by atoms with Crippen molar-refractivity contribution in [3.8, 4) is 0 Å². The van der Waals surface area contributed by atoms with Crippen LogP contribution in [0.15, 0.2) is 34.5 Å². The molecule has 0 bridgehead atoms. The van der Waals surface area contributed by atoms with Crippen LogP contribution in [0.25, 0.3) is 0 Å². The predicted octanol–water partition coefficient (Wildman–Crippen LogP) is 2.40. The molecule has 0 aliphatic heterocycles. The van der Waals surface area contributed by atoms with Gasteiger partial charge >= 0.3 is 0 Å². The standard InChI is InChI=1S/C12H13N3O2S2/c13-9-3-1-2-4-11(9)19(16,17)15-12-14-10(7-18-12)8-5-6-8/h1-4,7-8H,5-6,13H2,(H,14,15). The molecule has 7 heteroatoms. The Morgan fingerprint density at radius 2 is 2.05 bits per heavy atom. The highest BCUT2D eigenvalue weighted by Gasteiger charge is 2.27. The fourth-order valence-electron chi connectivity index (χ4n) is 1.79. The molecule has 0 spiro atoms. The van der Waals surface area contributed by atoms with Crippen LogP contribution in [-0.4, -0.2) is 13.4 Å². The largest absolute Gasteiger partial charge is 0.398 e. The number of nitrogen functional groups attached to an aromatic ring is 1. The molecular formula is C12H13N3O2S2. The summed E-state index contributed by atoms with van der Waals surface area (Å²) in [6.45, 7) is 0. The Balaban J connectivity index is 1.86. The minimum atomic E-state index is -3.66. The number of nitrogens with two attached hydrogens (primary N) is 1. The highest BCUT2D eigenvalue weighted by atomic mass is 32.2. The van der Waals surface area contributed by atoms with Crippen LogP contribution in [0.4, 0.5) is 10.8 Å². The van der Waals surface area contributed by atoms with E-state index in [0.717, 1.165) is 18.5 Å². The van der Waals surface area contributed by atoms with Gasteiger partial charge in [-0.2, -0.15) is 0 Å². The molecule has 3 N–H and O–H groups in total. The van der Waals surface area contributed by atoms with Gasteiger partial charge in [-0.3, -0.25) is 4.72 Å². The highest BCUT2D eigenvalue weighted by Crippen LogP contribution is 2.41. The fraction of sp³-hybridized carbons (Fsp3) is 0.250. The van der Waals surface area contributed by atoms with Gasteiger partial charge in [0, 0.05) is 11.3 Å². The molecule has 2 aromatic rings. The van der Waals surface area contributed by atoms with Crippen molar-refractivity contribution in [1.82, 2.24) is 4.98 Å². The third-order valence-electron chi connectivity index (χ3n) is 2.95. The van der Waals surface area contributed by atoms with E-state index in [2.05, 4.69) is 9.71 Å². The van der Waals surface area contributed by atoms with E-state index in [1.165, 1.54) is 17.4 Å². The number of benzene rings is 1.